The molecule has 0 spiro atoms. The molecule has 0 saturated carbocycles. The van der Waals surface area contributed by atoms with Gasteiger partial charge in [-0.15, -0.1) is 0 Å². The Labute approximate surface area is 103 Å². The zero-order valence-corrected chi connectivity index (χ0v) is 10.6. The summed E-state index contributed by atoms with van der Waals surface area (Å²) in [4.78, 5) is 2.28. The molecule has 2 rings (SSSR count). The fourth-order valence-electron chi connectivity index (χ4n) is 2.43. The molecule has 1 aromatic carbocycles. The van der Waals surface area contributed by atoms with E-state index in [0.29, 0.717) is 6.04 Å². The highest BCUT2D eigenvalue weighted by Crippen LogP contribution is 2.28. The lowest BCUT2D eigenvalue weighted by Crippen LogP contribution is -2.37. The van der Waals surface area contributed by atoms with Gasteiger partial charge in [0.05, 0.1) is 6.10 Å². The lowest BCUT2D eigenvalue weighted by molar-refractivity contribution is 0.0853. The Morgan fingerprint density at radius 3 is 2.59 bits per heavy atom. The smallest absolute Gasteiger partial charge is 0.0781 e. The quantitative estimate of drug-likeness (QED) is 0.873. The second kappa shape index (κ2) is 5.52. The van der Waals surface area contributed by atoms with Crippen molar-refractivity contribution in [1.29, 1.82) is 0 Å². The van der Waals surface area contributed by atoms with Gasteiger partial charge < -0.3 is 14.7 Å². The van der Waals surface area contributed by atoms with E-state index >= 15 is 0 Å². The van der Waals surface area contributed by atoms with Gasteiger partial charge in [0, 0.05) is 37.6 Å². The van der Waals surface area contributed by atoms with Gasteiger partial charge >= 0.3 is 0 Å². The first-order valence-corrected chi connectivity index (χ1v) is 6.27. The van der Waals surface area contributed by atoms with E-state index in [-0.39, 0.29) is 0 Å². The largest absolute Gasteiger partial charge is 0.389 e. The Bertz CT molecular complexity index is 359. The molecule has 0 bridgehead atoms. The highest BCUT2D eigenvalue weighted by Gasteiger charge is 2.21. The van der Waals surface area contributed by atoms with E-state index < -0.39 is 6.10 Å². The molecule has 0 unspecified atom stereocenters. The maximum absolute atomic E-state index is 9.80. The molecule has 0 amide bonds. The molecule has 3 nitrogen and oxygen atoms in total. The summed E-state index contributed by atoms with van der Waals surface area (Å²) in [5.74, 6) is 0. The van der Waals surface area contributed by atoms with Crippen molar-refractivity contribution in [3.8, 4) is 0 Å². The minimum absolute atomic E-state index is 0.423. The van der Waals surface area contributed by atoms with Crippen LogP contribution in [0.2, 0.25) is 0 Å². The van der Waals surface area contributed by atoms with Crippen LogP contribution in [-0.4, -0.2) is 31.4 Å². The van der Waals surface area contributed by atoms with E-state index in [4.69, 9.17) is 4.74 Å². The monoisotopic (exact) mass is 235 g/mol. The number of para-hydroxylation sites is 1. The second-order valence-corrected chi connectivity index (χ2v) is 4.69. The average molecular weight is 235 g/mol. The first-order chi connectivity index (χ1) is 8.20. The third-order valence-corrected chi connectivity index (χ3v) is 3.51. The van der Waals surface area contributed by atoms with E-state index in [2.05, 4.69) is 18.0 Å². The minimum atomic E-state index is -0.423. The summed E-state index contributed by atoms with van der Waals surface area (Å²) in [6.07, 6.45) is 1.70. The molecule has 1 aliphatic rings. The lowest BCUT2D eigenvalue weighted by atomic mass is 10.0. The van der Waals surface area contributed by atoms with Crippen molar-refractivity contribution in [2.24, 2.45) is 0 Å². The predicted molar refractivity (Wildman–Crippen MR) is 69.3 cm³/mol. The van der Waals surface area contributed by atoms with Crippen LogP contribution in [0.5, 0.6) is 0 Å². The molecule has 3 heteroatoms. The number of hydrogen-bond acceptors (Lipinski definition) is 3. The van der Waals surface area contributed by atoms with E-state index in [1.54, 1.807) is 0 Å². The SMILES string of the molecule is C[C@H](O)c1ccccc1N(C)C1CCOCC1. The van der Waals surface area contributed by atoms with E-state index in [0.717, 1.165) is 37.3 Å². The number of nitrogens with zero attached hydrogens (tertiary/aromatic N) is 1. The first-order valence-electron chi connectivity index (χ1n) is 6.27. The van der Waals surface area contributed by atoms with Crippen molar-refractivity contribution >= 4 is 5.69 Å². The average Bonchev–Trinajstić information content (AvgIpc) is 2.39. The topological polar surface area (TPSA) is 32.7 Å². The fourth-order valence-corrected chi connectivity index (χ4v) is 2.43. The Morgan fingerprint density at radius 2 is 1.94 bits per heavy atom. The molecule has 1 atom stereocenters. The minimum Gasteiger partial charge on any atom is -0.389 e. The van der Waals surface area contributed by atoms with Gasteiger partial charge in [-0.1, -0.05) is 18.2 Å². The first kappa shape index (κ1) is 12.4. The number of rotatable bonds is 3. The standard InChI is InChI=1S/C14H21NO2/c1-11(16)13-5-3-4-6-14(13)15(2)12-7-9-17-10-8-12/h3-6,11-12,16H,7-10H2,1-2H3/t11-/m0/s1. The molecule has 17 heavy (non-hydrogen) atoms. The Kier molecular flexibility index (Phi) is 4.02. The Hall–Kier alpha value is -1.06. The highest BCUT2D eigenvalue weighted by molar-refractivity contribution is 5.54. The molecule has 0 aromatic heterocycles. The lowest BCUT2D eigenvalue weighted by Gasteiger charge is -2.34. The summed E-state index contributed by atoms with van der Waals surface area (Å²) in [5.41, 5.74) is 2.14. The third kappa shape index (κ3) is 2.79. The van der Waals surface area contributed by atoms with Gasteiger partial charge in [-0.2, -0.15) is 0 Å². The predicted octanol–water partition coefficient (Wildman–Crippen LogP) is 2.36. The number of ether oxygens (including phenoxy) is 1. The summed E-state index contributed by atoms with van der Waals surface area (Å²) in [7, 11) is 2.11. The van der Waals surface area contributed by atoms with Crippen molar-refractivity contribution in [2.75, 3.05) is 25.2 Å². The van der Waals surface area contributed by atoms with Crippen molar-refractivity contribution in [3.05, 3.63) is 29.8 Å². The maximum atomic E-state index is 9.80. The molecule has 94 valence electrons. The zero-order valence-electron chi connectivity index (χ0n) is 10.6. The van der Waals surface area contributed by atoms with Crippen molar-refractivity contribution in [2.45, 2.75) is 31.9 Å². The van der Waals surface area contributed by atoms with Crippen LogP contribution in [0.4, 0.5) is 5.69 Å². The Morgan fingerprint density at radius 1 is 1.29 bits per heavy atom. The van der Waals surface area contributed by atoms with Gasteiger partial charge in [0.25, 0.3) is 0 Å². The van der Waals surface area contributed by atoms with Crippen molar-refractivity contribution < 1.29 is 9.84 Å². The van der Waals surface area contributed by atoms with E-state index in [9.17, 15) is 5.11 Å². The molecule has 1 aliphatic heterocycles. The highest BCUT2D eigenvalue weighted by atomic mass is 16.5. The van der Waals surface area contributed by atoms with Crippen LogP contribution in [0.15, 0.2) is 24.3 Å². The summed E-state index contributed by atoms with van der Waals surface area (Å²) >= 11 is 0. The second-order valence-electron chi connectivity index (χ2n) is 4.69. The maximum Gasteiger partial charge on any atom is 0.0781 e. The van der Waals surface area contributed by atoms with Crippen molar-refractivity contribution in [3.63, 3.8) is 0 Å². The van der Waals surface area contributed by atoms with Crippen LogP contribution in [0.3, 0.4) is 0 Å². The van der Waals surface area contributed by atoms with Crippen LogP contribution >= 0.6 is 0 Å². The summed E-state index contributed by atoms with van der Waals surface area (Å²) in [6.45, 7) is 3.49. The number of benzene rings is 1. The number of aliphatic hydroxyl groups excluding tert-OH is 1. The number of aliphatic hydroxyl groups is 1. The van der Waals surface area contributed by atoms with Gasteiger partial charge in [-0.3, -0.25) is 0 Å². The zero-order chi connectivity index (χ0) is 12.3. The molecule has 0 radical (unpaired) electrons. The number of hydrogen-bond donors (Lipinski definition) is 1. The van der Waals surface area contributed by atoms with Crippen LogP contribution < -0.4 is 4.90 Å². The molecule has 0 aliphatic carbocycles. The van der Waals surface area contributed by atoms with E-state index in [1.165, 1.54) is 0 Å². The number of anilines is 1. The van der Waals surface area contributed by atoms with Crippen LogP contribution in [0.25, 0.3) is 0 Å². The van der Waals surface area contributed by atoms with Gasteiger partial charge in [0.15, 0.2) is 0 Å². The molecule has 1 N–H and O–H groups in total. The normalized spacial score (nSPS) is 19.0. The van der Waals surface area contributed by atoms with Crippen LogP contribution in [0.1, 0.15) is 31.4 Å². The molecular formula is C14H21NO2. The molecular weight excluding hydrogens is 214 g/mol. The summed E-state index contributed by atoms with van der Waals surface area (Å²) < 4.78 is 5.39. The summed E-state index contributed by atoms with van der Waals surface area (Å²) in [6, 6.07) is 8.59. The van der Waals surface area contributed by atoms with Gasteiger partial charge in [-0.25, -0.2) is 0 Å². The molecule has 1 saturated heterocycles. The summed E-state index contributed by atoms with van der Waals surface area (Å²) in [5, 5.41) is 9.80. The molecule has 1 fully saturated rings. The van der Waals surface area contributed by atoms with Gasteiger partial charge in [0.2, 0.25) is 0 Å². The third-order valence-electron chi connectivity index (χ3n) is 3.51. The van der Waals surface area contributed by atoms with Gasteiger partial charge in [0.1, 0.15) is 0 Å². The van der Waals surface area contributed by atoms with Crippen LogP contribution in [0, 0.1) is 0 Å². The molecule has 1 heterocycles. The van der Waals surface area contributed by atoms with Crippen molar-refractivity contribution in [1.82, 2.24) is 0 Å². The van der Waals surface area contributed by atoms with Gasteiger partial charge in [-0.05, 0) is 25.8 Å². The molecule has 1 aromatic rings. The Balaban J connectivity index is 2.20. The van der Waals surface area contributed by atoms with E-state index in [1.807, 2.05) is 25.1 Å². The fraction of sp³-hybridized carbons (Fsp3) is 0.571. The van der Waals surface area contributed by atoms with Crippen LogP contribution in [-0.2, 0) is 4.74 Å².